The van der Waals surface area contributed by atoms with E-state index in [-0.39, 0.29) is 36.1 Å². The molecule has 1 fully saturated rings. The molecule has 5 atom stereocenters. The average molecular weight is 602 g/mol. The Morgan fingerprint density at radius 1 is 1.11 bits per heavy atom. The van der Waals surface area contributed by atoms with E-state index < -0.39 is 24.0 Å². The SMILES string of the molecule is CC[C@H](C)[C@H](NC(=O)Cc1nc2ccccc2[nH]1)C(=O)N[C@H]1CCc2cccc3c2N(C1=O)[C@H](C(=O)NCC1CNNN1)C3. The predicted molar refractivity (Wildman–Crippen MR) is 164 cm³/mol. The number of nitrogens with one attached hydrogen (secondary N) is 7. The second-order valence-electron chi connectivity index (χ2n) is 11.9. The number of imidazole rings is 1. The van der Waals surface area contributed by atoms with Crippen molar-refractivity contribution in [3.05, 3.63) is 59.4 Å². The van der Waals surface area contributed by atoms with Gasteiger partial charge in [-0.15, -0.1) is 0 Å². The molecule has 232 valence electrons. The molecule has 6 rings (SSSR count). The topological polar surface area (TPSA) is 172 Å². The molecule has 2 aromatic carbocycles. The molecule has 3 aromatic rings. The Labute approximate surface area is 255 Å². The van der Waals surface area contributed by atoms with Crippen molar-refractivity contribution in [2.45, 2.75) is 70.1 Å². The number of anilines is 1. The van der Waals surface area contributed by atoms with E-state index in [0.717, 1.165) is 27.8 Å². The third kappa shape index (κ3) is 6.03. The van der Waals surface area contributed by atoms with Gasteiger partial charge in [0, 0.05) is 19.5 Å². The maximum atomic E-state index is 14.1. The van der Waals surface area contributed by atoms with Crippen molar-refractivity contribution in [1.82, 2.24) is 42.3 Å². The van der Waals surface area contributed by atoms with Crippen LogP contribution in [0.3, 0.4) is 0 Å². The smallest absolute Gasteiger partial charge is 0.250 e. The quantitative estimate of drug-likeness (QED) is 0.172. The molecule has 13 heteroatoms. The molecule has 1 saturated heterocycles. The van der Waals surface area contributed by atoms with E-state index >= 15 is 0 Å². The highest BCUT2D eigenvalue weighted by Gasteiger charge is 2.44. The van der Waals surface area contributed by atoms with Crippen LogP contribution in [0.2, 0.25) is 0 Å². The number of fused-ring (bicyclic) bond motifs is 1. The van der Waals surface area contributed by atoms with Gasteiger partial charge in [0.2, 0.25) is 23.6 Å². The number of aromatic nitrogens is 2. The molecule has 1 unspecified atom stereocenters. The van der Waals surface area contributed by atoms with Gasteiger partial charge in [-0.25, -0.2) is 15.8 Å². The number of hydrogen-bond donors (Lipinski definition) is 7. The van der Waals surface area contributed by atoms with Crippen LogP contribution in [0.4, 0.5) is 5.69 Å². The van der Waals surface area contributed by atoms with Crippen molar-refractivity contribution >= 4 is 40.3 Å². The summed E-state index contributed by atoms with van der Waals surface area (Å²) in [6, 6.07) is 11.0. The van der Waals surface area contributed by atoms with E-state index in [2.05, 4.69) is 42.3 Å². The van der Waals surface area contributed by atoms with Crippen molar-refractivity contribution < 1.29 is 19.2 Å². The number of amides is 4. The summed E-state index contributed by atoms with van der Waals surface area (Å²) in [5, 5.41) is 8.81. The van der Waals surface area contributed by atoms with Crippen LogP contribution in [-0.2, 0) is 38.4 Å². The Bertz CT molecular complexity index is 1530. The number of nitrogens with zero attached hydrogens (tertiary/aromatic N) is 2. The molecular weight excluding hydrogens is 562 g/mol. The van der Waals surface area contributed by atoms with Crippen LogP contribution in [0.15, 0.2) is 42.5 Å². The number of benzene rings is 2. The minimum Gasteiger partial charge on any atom is -0.353 e. The first kappa shape index (κ1) is 29.7. The monoisotopic (exact) mass is 601 g/mol. The minimum absolute atomic E-state index is 0.0115. The molecular formula is C31H39N9O4. The molecule has 0 aliphatic carbocycles. The second-order valence-corrected chi connectivity index (χ2v) is 11.9. The van der Waals surface area contributed by atoms with Gasteiger partial charge >= 0.3 is 0 Å². The van der Waals surface area contributed by atoms with Crippen molar-refractivity contribution in [3.63, 3.8) is 0 Å². The maximum Gasteiger partial charge on any atom is 0.250 e. The Kier molecular flexibility index (Phi) is 8.60. The largest absolute Gasteiger partial charge is 0.353 e. The Morgan fingerprint density at radius 3 is 2.70 bits per heavy atom. The van der Waals surface area contributed by atoms with Crippen LogP contribution < -0.4 is 37.2 Å². The van der Waals surface area contributed by atoms with Gasteiger partial charge < -0.3 is 20.9 Å². The normalized spacial score (nSPS) is 22.3. The van der Waals surface area contributed by atoms with Crippen molar-refractivity contribution in [3.8, 4) is 0 Å². The van der Waals surface area contributed by atoms with Gasteiger partial charge in [0.25, 0.3) is 0 Å². The second kappa shape index (κ2) is 12.7. The van der Waals surface area contributed by atoms with E-state index in [0.29, 0.717) is 44.6 Å². The minimum atomic E-state index is -0.847. The lowest BCUT2D eigenvalue weighted by atomic mass is 9.97. The van der Waals surface area contributed by atoms with Crippen LogP contribution in [0, 0.1) is 5.92 Å². The van der Waals surface area contributed by atoms with E-state index in [4.69, 9.17) is 0 Å². The molecule has 44 heavy (non-hydrogen) atoms. The molecule has 3 aliphatic rings. The van der Waals surface area contributed by atoms with E-state index in [9.17, 15) is 19.2 Å². The summed E-state index contributed by atoms with van der Waals surface area (Å²) in [7, 11) is 0. The van der Waals surface area contributed by atoms with Crippen LogP contribution >= 0.6 is 0 Å². The molecule has 0 radical (unpaired) electrons. The summed E-state index contributed by atoms with van der Waals surface area (Å²) in [5.41, 5.74) is 13.1. The summed E-state index contributed by atoms with van der Waals surface area (Å²) < 4.78 is 0. The number of para-hydroxylation sites is 3. The molecule has 1 aromatic heterocycles. The summed E-state index contributed by atoms with van der Waals surface area (Å²) >= 11 is 0. The molecule has 3 aliphatic heterocycles. The zero-order valence-corrected chi connectivity index (χ0v) is 24.9. The highest BCUT2D eigenvalue weighted by Crippen LogP contribution is 2.39. The van der Waals surface area contributed by atoms with Crippen LogP contribution in [0.1, 0.15) is 43.6 Å². The zero-order chi connectivity index (χ0) is 30.8. The average Bonchev–Trinajstić information content (AvgIpc) is 3.76. The number of carbonyl (C=O) groups is 4. The van der Waals surface area contributed by atoms with Crippen molar-refractivity contribution in [2.75, 3.05) is 18.0 Å². The molecule has 0 bridgehead atoms. The summed E-state index contributed by atoms with van der Waals surface area (Å²) in [4.78, 5) is 63.5. The Morgan fingerprint density at radius 2 is 1.93 bits per heavy atom. The Hall–Kier alpha value is -4.33. The van der Waals surface area contributed by atoms with Crippen molar-refractivity contribution in [2.24, 2.45) is 5.92 Å². The molecule has 0 spiro atoms. The van der Waals surface area contributed by atoms with Crippen LogP contribution in [0.25, 0.3) is 11.0 Å². The van der Waals surface area contributed by atoms with Gasteiger partial charge in [0.1, 0.15) is 23.9 Å². The number of aryl methyl sites for hydroxylation is 1. The lowest BCUT2D eigenvalue weighted by Gasteiger charge is -2.30. The number of rotatable bonds is 10. The fourth-order valence-corrected chi connectivity index (χ4v) is 6.25. The number of hydrogen-bond acceptors (Lipinski definition) is 8. The third-order valence-corrected chi connectivity index (χ3v) is 8.84. The van der Waals surface area contributed by atoms with Crippen LogP contribution in [-0.4, -0.2) is 70.9 Å². The van der Waals surface area contributed by atoms with E-state index in [1.807, 2.05) is 56.3 Å². The maximum absolute atomic E-state index is 14.1. The molecule has 0 saturated carbocycles. The van der Waals surface area contributed by atoms with Gasteiger partial charge in [0.05, 0.1) is 29.2 Å². The molecule has 4 heterocycles. The first-order chi connectivity index (χ1) is 21.3. The van der Waals surface area contributed by atoms with Gasteiger partial charge in [-0.2, -0.15) is 5.53 Å². The Balaban J connectivity index is 1.16. The number of aromatic amines is 1. The molecule has 7 N–H and O–H groups in total. The lowest BCUT2D eigenvalue weighted by Crippen LogP contribution is -2.58. The number of H-pyrrole nitrogens is 1. The zero-order valence-electron chi connectivity index (χ0n) is 24.9. The highest BCUT2D eigenvalue weighted by atomic mass is 16.2. The molecule has 13 nitrogen and oxygen atoms in total. The summed E-state index contributed by atoms with van der Waals surface area (Å²) in [6.07, 6.45) is 1.99. The number of hydrazine groups is 2. The number of carbonyl (C=O) groups excluding carboxylic acids is 4. The predicted octanol–water partition coefficient (Wildman–Crippen LogP) is 0.122. The standard InChI is InChI=1S/C31H39N9O4/c1-3-17(2)27(37-26(41)14-25-34-21-9-4-5-10-22(21)35-25)30(43)36-23-12-11-18-7-6-8-19-13-24(40(28(18)19)31(23)44)29(42)32-15-20-16-33-39-38-20/h4-10,17,20,23-24,27,33,38-39H,3,11-16H2,1-2H3,(H,32,42)(H,34,35)(H,36,43)(H,37,41)/t17-,20?,23-,24-,27-/m0/s1. The fourth-order valence-electron chi connectivity index (χ4n) is 6.25. The third-order valence-electron chi connectivity index (χ3n) is 8.84. The van der Waals surface area contributed by atoms with Gasteiger partial charge in [-0.1, -0.05) is 50.6 Å². The van der Waals surface area contributed by atoms with Crippen LogP contribution in [0.5, 0.6) is 0 Å². The highest BCUT2D eigenvalue weighted by molar-refractivity contribution is 6.08. The van der Waals surface area contributed by atoms with Crippen molar-refractivity contribution in [1.29, 1.82) is 0 Å². The van der Waals surface area contributed by atoms with E-state index in [1.54, 1.807) is 4.90 Å². The first-order valence-corrected chi connectivity index (χ1v) is 15.3. The summed E-state index contributed by atoms with van der Waals surface area (Å²) in [5.74, 6) is -0.994. The fraction of sp³-hybridized carbons (Fsp3) is 0.452. The van der Waals surface area contributed by atoms with E-state index in [1.165, 1.54) is 0 Å². The molecule has 4 amide bonds. The first-order valence-electron chi connectivity index (χ1n) is 15.3. The van der Waals surface area contributed by atoms with Gasteiger partial charge in [-0.05, 0) is 42.0 Å². The van der Waals surface area contributed by atoms with Gasteiger partial charge in [0.15, 0.2) is 0 Å². The summed E-state index contributed by atoms with van der Waals surface area (Å²) in [6.45, 7) is 4.89. The lowest BCUT2D eigenvalue weighted by molar-refractivity contribution is -0.133. The van der Waals surface area contributed by atoms with Gasteiger partial charge in [-0.3, -0.25) is 24.1 Å².